The summed E-state index contributed by atoms with van der Waals surface area (Å²) >= 11 is 6.25. The predicted octanol–water partition coefficient (Wildman–Crippen LogP) is 1.74. The first-order valence-electron chi connectivity index (χ1n) is 9.16. The first-order valence-corrected chi connectivity index (χ1v) is 9.54. The van der Waals surface area contributed by atoms with Crippen LogP contribution in [-0.2, 0) is 14.3 Å². The highest BCUT2D eigenvalue weighted by atomic mass is 35.5. The second-order valence-corrected chi connectivity index (χ2v) is 7.53. The Hall–Kier alpha value is -1.63. The number of ether oxygens (including phenoxy) is 1. The number of morpholine rings is 1. The normalized spacial score (nSPS) is 24.9. The monoisotopic (exact) mass is 379 g/mol. The molecule has 2 atom stereocenters. The molecule has 2 aliphatic rings. The second-order valence-electron chi connectivity index (χ2n) is 7.12. The van der Waals surface area contributed by atoms with Crippen LogP contribution in [0.4, 0.5) is 0 Å². The molecule has 1 aromatic rings. The van der Waals surface area contributed by atoms with Crippen molar-refractivity contribution in [3.63, 3.8) is 0 Å². The van der Waals surface area contributed by atoms with E-state index in [2.05, 4.69) is 22.6 Å². The number of rotatable bonds is 5. The van der Waals surface area contributed by atoms with Gasteiger partial charge in [-0.2, -0.15) is 0 Å². The van der Waals surface area contributed by atoms with Gasteiger partial charge < -0.3 is 20.3 Å². The topological polar surface area (TPSA) is 70.7 Å². The van der Waals surface area contributed by atoms with Crippen molar-refractivity contribution in [3.05, 3.63) is 34.9 Å². The molecule has 0 spiro atoms. The number of likely N-dealkylation sites (tertiary alicyclic amines) is 1. The summed E-state index contributed by atoms with van der Waals surface area (Å²) in [4.78, 5) is 26.7. The van der Waals surface area contributed by atoms with Crippen molar-refractivity contribution >= 4 is 23.4 Å². The molecule has 0 bridgehead atoms. The van der Waals surface area contributed by atoms with Gasteiger partial charge in [-0.1, -0.05) is 29.8 Å². The van der Waals surface area contributed by atoms with Crippen LogP contribution in [0.15, 0.2) is 24.3 Å². The van der Waals surface area contributed by atoms with Crippen molar-refractivity contribution < 1.29 is 14.3 Å². The molecule has 26 heavy (non-hydrogen) atoms. The standard InChI is InChI=1S/C19H26ClN3O3/c1-23-10-7-13(8-11-23)6-9-21-19(25)18-17(22-16(24)12-26-18)14-4-2-3-5-15(14)20/h2-5,13,17-18H,6-12H2,1H3,(H,21,25)(H,22,24)/t17-,18+/m1/s1. The Morgan fingerprint density at radius 2 is 2.08 bits per heavy atom. The molecular formula is C19H26ClN3O3. The average Bonchev–Trinajstić information content (AvgIpc) is 2.63. The van der Waals surface area contributed by atoms with Gasteiger partial charge in [-0.05, 0) is 56.9 Å². The zero-order valence-electron chi connectivity index (χ0n) is 15.0. The first kappa shape index (κ1) is 19.1. The van der Waals surface area contributed by atoms with Crippen LogP contribution in [0.25, 0.3) is 0 Å². The lowest BCUT2D eigenvalue weighted by Crippen LogP contribution is -2.52. The fourth-order valence-corrected chi connectivity index (χ4v) is 3.85. The quantitative estimate of drug-likeness (QED) is 0.817. The van der Waals surface area contributed by atoms with E-state index in [1.54, 1.807) is 12.1 Å². The molecule has 0 unspecified atom stereocenters. The fourth-order valence-electron chi connectivity index (χ4n) is 3.60. The van der Waals surface area contributed by atoms with Gasteiger partial charge in [0.05, 0.1) is 6.04 Å². The van der Waals surface area contributed by atoms with Gasteiger partial charge >= 0.3 is 0 Å². The number of amides is 2. The van der Waals surface area contributed by atoms with Crippen molar-refractivity contribution in [2.24, 2.45) is 5.92 Å². The molecule has 2 saturated heterocycles. The molecule has 0 saturated carbocycles. The molecule has 7 heteroatoms. The molecule has 6 nitrogen and oxygen atoms in total. The Morgan fingerprint density at radius 3 is 2.81 bits per heavy atom. The molecule has 2 fully saturated rings. The van der Waals surface area contributed by atoms with Crippen LogP contribution in [0.1, 0.15) is 30.9 Å². The summed E-state index contributed by atoms with van der Waals surface area (Å²) in [5.74, 6) is 0.200. The van der Waals surface area contributed by atoms with E-state index in [4.69, 9.17) is 16.3 Å². The molecule has 2 N–H and O–H groups in total. The van der Waals surface area contributed by atoms with E-state index in [1.165, 1.54) is 12.8 Å². The van der Waals surface area contributed by atoms with Crippen molar-refractivity contribution in [1.82, 2.24) is 15.5 Å². The van der Waals surface area contributed by atoms with Crippen LogP contribution in [0.2, 0.25) is 5.02 Å². The molecule has 1 aromatic carbocycles. The largest absolute Gasteiger partial charge is 0.356 e. The number of hydrogen-bond donors (Lipinski definition) is 2. The molecule has 0 aliphatic carbocycles. The number of benzene rings is 1. The number of hydrogen-bond acceptors (Lipinski definition) is 4. The number of nitrogens with zero attached hydrogens (tertiary/aromatic N) is 1. The lowest BCUT2D eigenvalue weighted by Gasteiger charge is -2.32. The Labute approximate surface area is 159 Å². The maximum Gasteiger partial charge on any atom is 0.251 e. The molecule has 2 amide bonds. The molecule has 0 radical (unpaired) electrons. The van der Waals surface area contributed by atoms with Crippen molar-refractivity contribution in [2.75, 3.05) is 33.3 Å². The maximum absolute atomic E-state index is 12.7. The zero-order chi connectivity index (χ0) is 18.5. The lowest BCUT2D eigenvalue weighted by atomic mass is 9.93. The van der Waals surface area contributed by atoms with E-state index in [-0.39, 0.29) is 18.4 Å². The van der Waals surface area contributed by atoms with Crippen LogP contribution in [0.3, 0.4) is 0 Å². The number of carbonyl (C=O) groups is 2. The van der Waals surface area contributed by atoms with Crippen LogP contribution >= 0.6 is 11.6 Å². The summed E-state index contributed by atoms with van der Waals surface area (Å²) in [6.45, 7) is 2.74. The maximum atomic E-state index is 12.7. The van der Waals surface area contributed by atoms with Gasteiger partial charge in [0.15, 0.2) is 6.10 Å². The lowest BCUT2D eigenvalue weighted by molar-refractivity contribution is -0.148. The minimum absolute atomic E-state index is 0.117. The summed E-state index contributed by atoms with van der Waals surface area (Å²) in [7, 11) is 2.14. The van der Waals surface area contributed by atoms with E-state index in [0.29, 0.717) is 23.0 Å². The third kappa shape index (κ3) is 4.75. The first-order chi connectivity index (χ1) is 12.5. The highest BCUT2D eigenvalue weighted by Gasteiger charge is 2.36. The molecule has 3 rings (SSSR count). The van der Waals surface area contributed by atoms with Gasteiger partial charge in [-0.3, -0.25) is 9.59 Å². The van der Waals surface area contributed by atoms with E-state index in [9.17, 15) is 9.59 Å². The number of halogens is 1. The van der Waals surface area contributed by atoms with Crippen LogP contribution in [-0.4, -0.2) is 56.1 Å². The van der Waals surface area contributed by atoms with E-state index in [1.807, 2.05) is 12.1 Å². The summed E-state index contributed by atoms with van der Waals surface area (Å²) in [5.41, 5.74) is 0.692. The van der Waals surface area contributed by atoms with Crippen LogP contribution in [0.5, 0.6) is 0 Å². The summed E-state index contributed by atoms with van der Waals surface area (Å²) in [6.07, 6.45) is 2.54. The van der Waals surface area contributed by atoms with Gasteiger partial charge in [0.25, 0.3) is 5.91 Å². The predicted molar refractivity (Wildman–Crippen MR) is 99.9 cm³/mol. The number of piperidine rings is 1. The smallest absolute Gasteiger partial charge is 0.251 e. The summed E-state index contributed by atoms with van der Waals surface area (Å²) in [6, 6.07) is 6.62. The van der Waals surface area contributed by atoms with Gasteiger partial charge in [0.2, 0.25) is 5.91 Å². The fraction of sp³-hybridized carbons (Fsp3) is 0.579. The zero-order valence-corrected chi connectivity index (χ0v) is 15.8. The van der Waals surface area contributed by atoms with Gasteiger partial charge in [0.1, 0.15) is 6.61 Å². The van der Waals surface area contributed by atoms with Crippen molar-refractivity contribution in [2.45, 2.75) is 31.4 Å². The molecule has 0 aromatic heterocycles. The van der Waals surface area contributed by atoms with Crippen LogP contribution < -0.4 is 10.6 Å². The van der Waals surface area contributed by atoms with Gasteiger partial charge in [-0.15, -0.1) is 0 Å². The van der Waals surface area contributed by atoms with Crippen molar-refractivity contribution in [1.29, 1.82) is 0 Å². The van der Waals surface area contributed by atoms with E-state index >= 15 is 0 Å². The van der Waals surface area contributed by atoms with E-state index < -0.39 is 12.1 Å². The highest BCUT2D eigenvalue weighted by molar-refractivity contribution is 6.31. The Morgan fingerprint density at radius 1 is 1.35 bits per heavy atom. The number of carbonyl (C=O) groups excluding carboxylic acids is 2. The van der Waals surface area contributed by atoms with Crippen LogP contribution in [0, 0.1) is 5.92 Å². The average molecular weight is 380 g/mol. The SMILES string of the molecule is CN1CCC(CCNC(=O)[C@H]2OCC(=O)N[C@@H]2c2ccccc2Cl)CC1. The molecule has 142 valence electrons. The summed E-state index contributed by atoms with van der Waals surface area (Å²) < 4.78 is 5.54. The summed E-state index contributed by atoms with van der Waals surface area (Å²) in [5, 5.41) is 6.31. The Kier molecular flexibility index (Phi) is 6.51. The molecule has 2 heterocycles. The third-order valence-electron chi connectivity index (χ3n) is 5.20. The van der Waals surface area contributed by atoms with Gasteiger partial charge in [0, 0.05) is 11.6 Å². The van der Waals surface area contributed by atoms with E-state index in [0.717, 1.165) is 19.5 Å². The molecule has 2 aliphatic heterocycles. The van der Waals surface area contributed by atoms with Gasteiger partial charge in [-0.25, -0.2) is 0 Å². The molecular weight excluding hydrogens is 354 g/mol. The number of nitrogens with one attached hydrogen (secondary N) is 2. The Bertz CT molecular complexity index is 647. The Balaban J connectivity index is 1.57. The minimum atomic E-state index is -0.773. The third-order valence-corrected chi connectivity index (χ3v) is 5.55. The second kappa shape index (κ2) is 8.84. The van der Waals surface area contributed by atoms with Crippen molar-refractivity contribution in [3.8, 4) is 0 Å². The minimum Gasteiger partial charge on any atom is -0.356 e. The highest BCUT2D eigenvalue weighted by Crippen LogP contribution is 2.28.